The van der Waals surface area contributed by atoms with Crippen molar-refractivity contribution in [2.45, 2.75) is 6.92 Å². The summed E-state index contributed by atoms with van der Waals surface area (Å²) < 4.78 is 14.7. The lowest BCUT2D eigenvalue weighted by Gasteiger charge is -2.12. The van der Waals surface area contributed by atoms with Crippen LogP contribution in [0.2, 0.25) is 5.02 Å². The maximum absolute atomic E-state index is 11.4. The molecule has 0 aliphatic rings. The third kappa shape index (κ3) is 4.13. The first-order valence-corrected chi connectivity index (χ1v) is 6.36. The fraction of sp³-hybridized carbons (Fsp3) is 0.286. The van der Waals surface area contributed by atoms with Crippen molar-refractivity contribution in [1.29, 1.82) is 0 Å². The number of methoxy groups -OCH3 is 2. The highest BCUT2D eigenvalue weighted by Crippen LogP contribution is 2.35. The van der Waals surface area contributed by atoms with Crippen molar-refractivity contribution in [1.82, 2.24) is 0 Å². The molecule has 0 aromatic heterocycles. The Morgan fingerprint density at radius 2 is 1.95 bits per heavy atom. The fourth-order valence-electron chi connectivity index (χ4n) is 1.53. The van der Waals surface area contributed by atoms with Crippen molar-refractivity contribution in [2.75, 3.05) is 20.8 Å². The average Bonchev–Trinajstić information content (AvgIpc) is 2.47. The Bertz CT molecular complexity index is 579. The van der Waals surface area contributed by atoms with Gasteiger partial charge in [0.25, 0.3) is 5.78 Å². The summed E-state index contributed by atoms with van der Waals surface area (Å²) in [6.45, 7) is 2.20. The van der Waals surface area contributed by atoms with Gasteiger partial charge in [0.05, 0.1) is 31.4 Å². The number of aliphatic hydroxyl groups is 1. The zero-order valence-electron chi connectivity index (χ0n) is 11.8. The smallest absolute Gasteiger partial charge is 0.378 e. The van der Waals surface area contributed by atoms with E-state index in [1.165, 1.54) is 19.2 Å². The first-order chi connectivity index (χ1) is 9.94. The Labute approximate surface area is 126 Å². The highest BCUT2D eigenvalue weighted by Gasteiger charge is 2.17. The van der Waals surface area contributed by atoms with E-state index in [1.54, 1.807) is 6.92 Å². The van der Waals surface area contributed by atoms with Gasteiger partial charge in [-0.2, -0.15) is 0 Å². The molecule has 1 aromatic carbocycles. The molecule has 0 heterocycles. The van der Waals surface area contributed by atoms with Gasteiger partial charge in [-0.15, -0.1) is 0 Å². The topological polar surface area (TPSA) is 82.1 Å². The molecule has 0 aliphatic carbocycles. The number of ketones is 1. The van der Waals surface area contributed by atoms with E-state index in [0.717, 1.165) is 13.2 Å². The van der Waals surface area contributed by atoms with E-state index < -0.39 is 17.5 Å². The summed E-state index contributed by atoms with van der Waals surface area (Å²) in [6, 6.07) is 2.86. The summed E-state index contributed by atoms with van der Waals surface area (Å²) in [5.74, 6) is -1.92. The van der Waals surface area contributed by atoms with E-state index in [0.29, 0.717) is 12.4 Å². The molecule has 0 fully saturated rings. The standard InChI is InChI=1S/C14H15ClO6/c1-4-21-13-7-12(19-2)8(5-9(13)15)10(16)6-11(17)14(18)20-3/h5-7,16H,4H2,1-3H3/b10-6-. The molecular weight excluding hydrogens is 300 g/mol. The van der Waals surface area contributed by atoms with Gasteiger partial charge in [0.2, 0.25) is 0 Å². The zero-order chi connectivity index (χ0) is 16.0. The van der Waals surface area contributed by atoms with Crippen LogP contribution in [0.25, 0.3) is 5.76 Å². The molecule has 6 nitrogen and oxygen atoms in total. The predicted octanol–water partition coefficient (Wildman–Crippen LogP) is 2.39. The number of benzene rings is 1. The molecule has 1 rings (SSSR count). The maximum atomic E-state index is 11.4. The molecule has 0 spiro atoms. The largest absolute Gasteiger partial charge is 0.507 e. The van der Waals surface area contributed by atoms with Gasteiger partial charge in [-0.1, -0.05) is 11.6 Å². The normalized spacial score (nSPS) is 11.0. The van der Waals surface area contributed by atoms with Crippen molar-refractivity contribution in [2.24, 2.45) is 0 Å². The highest BCUT2D eigenvalue weighted by atomic mass is 35.5. The predicted molar refractivity (Wildman–Crippen MR) is 76.8 cm³/mol. The van der Waals surface area contributed by atoms with Crippen LogP contribution in [0.5, 0.6) is 11.5 Å². The van der Waals surface area contributed by atoms with Crippen LogP contribution in [0.15, 0.2) is 18.2 Å². The minimum atomic E-state index is -1.09. The number of carbonyl (C=O) groups is 2. The van der Waals surface area contributed by atoms with Gasteiger partial charge in [-0.25, -0.2) is 4.79 Å². The number of halogens is 1. The number of aliphatic hydroxyl groups excluding tert-OH is 1. The van der Waals surface area contributed by atoms with Gasteiger partial charge in [0, 0.05) is 12.1 Å². The number of hydrogen-bond donors (Lipinski definition) is 1. The van der Waals surface area contributed by atoms with Crippen molar-refractivity contribution >= 4 is 29.1 Å². The van der Waals surface area contributed by atoms with Gasteiger partial charge >= 0.3 is 5.97 Å². The number of ether oxygens (including phenoxy) is 3. The highest BCUT2D eigenvalue weighted by molar-refractivity contribution is 6.39. The van der Waals surface area contributed by atoms with E-state index in [1.807, 2.05) is 0 Å². The van der Waals surface area contributed by atoms with Gasteiger partial charge in [-0.05, 0) is 13.0 Å². The molecule has 0 amide bonds. The molecule has 0 saturated heterocycles. The Kier molecular flexibility index (Phi) is 6.05. The molecule has 7 heteroatoms. The Morgan fingerprint density at radius 3 is 2.48 bits per heavy atom. The van der Waals surface area contributed by atoms with Crippen molar-refractivity contribution in [3.63, 3.8) is 0 Å². The number of rotatable bonds is 6. The monoisotopic (exact) mass is 314 g/mol. The van der Waals surface area contributed by atoms with Gasteiger partial charge in [0.15, 0.2) is 0 Å². The molecule has 0 aliphatic heterocycles. The van der Waals surface area contributed by atoms with Crippen LogP contribution >= 0.6 is 11.6 Å². The summed E-state index contributed by atoms with van der Waals surface area (Å²) in [5, 5.41) is 10.2. The number of hydrogen-bond acceptors (Lipinski definition) is 6. The van der Waals surface area contributed by atoms with E-state index in [-0.39, 0.29) is 16.3 Å². The van der Waals surface area contributed by atoms with Crippen LogP contribution in [0.3, 0.4) is 0 Å². The lowest BCUT2D eigenvalue weighted by molar-refractivity contribution is -0.149. The third-order valence-electron chi connectivity index (χ3n) is 2.48. The molecule has 0 radical (unpaired) electrons. The second-order valence-corrected chi connectivity index (χ2v) is 4.21. The van der Waals surface area contributed by atoms with Gasteiger partial charge < -0.3 is 19.3 Å². The van der Waals surface area contributed by atoms with E-state index in [9.17, 15) is 14.7 Å². The van der Waals surface area contributed by atoms with Gasteiger partial charge in [0.1, 0.15) is 17.3 Å². The molecule has 114 valence electrons. The summed E-state index contributed by atoms with van der Waals surface area (Å²) in [6.07, 6.45) is 0.736. The summed E-state index contributed by atoms with van der Waals surface area (Å²) in [7, 11) is 2.46. The van der Waals surface area contributed by atoms with E-state index in [2.05, 4.69) is 4.74 Å². The molecule has 0 atom stereocenters. The van der Waals surface area contributed by atoms with Crippen molar-refractivity contribution in [3.05, 3.63) is 28.8 Å². The van der Waals surface area contributed by atoms with Crippen molar-refractivity contribution < 1.29 is 28.9 Å². The lowest BCUT2D eigenvalue weighted by Crippen LogP contribution is -2.13. The maximum Gasteiger partial charge on any atom is 0.378 e. The number of carbonyl (C=O) groups excluding carboxylic acids is 2. The SMILES string of the molecule is CCOc1cc(OC)c(/C(O)=C/C(=O)C(=O)OC)cc1Cl. The molecule has 1 aromatic rings. The molecular formula is C14H15ClO6. The summed E-state index contributed by atoms with van der Waals surface area (Å²) >= 11 is 6.01. The van der Waals surface area contributed by atoms with Crippen molar-refractivity contribution in [3.8, 4) is 11.5 Å². The van der Waals surface area contributed by atoms with Crippen LogP contribution in [0, 0.1) is 0 Å². The second kappa shape index (κ2) is 7.54. The van der Waals surface area contributed by atoms with Crippen LogP contribution in [-0.4, -0.2) is 37.7 Å². The molecule has 21 heavy (non-hydrogen) atoms. The van der Waals surface area contributed by atoms with Crippen LogP contribution < -0.4 is 9.47 Å². The van der Waals surface area contributed by atoms with E-state index in [4.69, 9.17) is 21.1 Å². The van der Waals surface area contributed by atoms with Crippen LogP contribution in [0.4, 0.5) is 0 Å². The Morgan fingerprint density at radius 1 is 1.29 bits per heavy atom. The first kappa shape index (κ1) is 16.8. The molecule has 1 N–H and O–H groups in total. The quantitative estimate of drug-likeness (QED) is 0.376. The lowest BCUT2D eigenvalue weighted by atomic mass is 10.1. The van der Waals surface area contributed by atoms with Gasteiger partial charge in [-0.3, -0.25) is 4.79 Å². The molecule has 0 saturated carbocycles. The summed E-state index contributed by atoms with van der Waals surface area (Å²) in [4.78, 5) is 22.4. The fourth-order valence-corrected chi connectivity index (χ4v) is 1.75. The first-order valence-electron chi connectivity index (χ1n) is 5.98. The molecule has 0 bridgehead atoms. The second-order valence-electron chi connectivity index (χ2n) is 3.80. The zero-order valence-corrected chi connectivity index (χ0v) is 12.6. The minimum absolute atomic E-state index is 0.156. The van der Waals surface area contributed by atoms with E-state index >= 15 is 0 Å². The minimum Gasteiger partial charge on any atom is -0.507 e. The third-order valence-corrected chi connectivity index (χ3v) is 2.78. The molecule has 0 unspecified atom stereocenters. The van der Waals surface area contributed by atoms with Crippen LogP contribution in [0.1, 0.15) is 12.5 Å². The Balaban J connectivity index is 3.23. The average molecular weight is 315 g/mol. The van der Waals surface area contributed by atoms with Crippen LogP contribution in [-0.2, 0) is 14.3 Å². The summed E-state index contributed by atoms with van der Waals surface area (Å²) in [5.41, 5.74) is 0.156. The Hall–Kier alpha value is -2.21. The number of esters is 1.